The number of aromatic nitrogens is 1. The SMILES string of the molecule is C=Cn1ccc(/C=C\C)c1. The van der Waals surface area contributed by atoms with Gasteiger partial charge in [0.15, 0.2) is 0 Å². The Kier molecular flexibility index (Phi) is 2.11. The molecule has 0 N–H and O–H groups in total. The lowest BCUT2D eigenvalue weighted by Crippen LogP contribution is -1.74. The summed E-state index contributed by atoms with van der Waals surface area (Å²) in [7, 11) is 0. The smallest absolute Gasteiger partial charge is 0.0155 e. The van der Waals surface area contributed by atoms with Crippen LogP contribution in [0.2, 0.25) is 0 Å². The van der Waals surface area contributed by atoms with Gasteiger partial charge in [0.25, 0.3) is 0 Å². The maximum Gasteiger partial charge on any atom is 0.0155 e. The molecule has 0 spiro atoms. The maximum absolute atomic E-state index is 3.64. The van der Waals surface area contributed by atoms with Crippen molar-refractivity contribution in [2.24, 2.45) is 0 Å². The molecule has 0 unspecified atom stereocenters. The first kappa shape index (κ1) is 6.87. The van der Waals surface area contributed by atoms with E-state index >= 15 is 0 Å². The van der Waals surface area contributed by atoms with Gasteiger partial charge in [-0.25, -0.2) is 0 Å². The Morgan fingerprint density at radius 2 is 2.40 bits per heavy atom. The van der Waals surface area contributed by atoms with Gasteiger partial charge < -0.3 is 4.57 Å². The van der Waals surface area contributed by atoms with Gasteiger partial charge in [0.1, 0.15) is 0 Å². The summed E-state index contributed by atoms with van der Waals surface area (Å²) >= 11 is 0. The van der Waals surface area contributed by atoms with E-state index in [0.29, 0.717) is 0 Å². The van der Waals surface area contributed by atoms with Gasteiger partial charge in [-0.05, 0) is 18.6 Å². The van der Waals surface area contributed by atoms with Crippen molar-refractivity contribution in [3.63, 3.8) is 0 Å². The molecule has 0 saturated carbocycles. The summed E-state index contributed by atoms with van der Waals surface area (Å²) in [6.07, 6.45) is 9.84. The van der Waals surface area contributed by atoms with Crippen molar-refractivity contribution in [3.8, 4) is 0 Å². The number of allylic oxidation sites excluding steroid dienone is 1. The third-order valence-corrected chi connectivity index (χ3v) is 1.31. The van der Waals surface area contributed by atoms with Crippen LogP contribution in [0.25, 0.3) is 12.3 Å². The molecule has 1 rings (SSSR count). The van der Waals surface area contributed by atoms with E-state index in [4.69, 9.17) is 0 Å². The van der Waals surface area contributed by atoms with Crippen molar-refractivity contribution in [1.29, 1.82) is 0 Å². The second-order valence-corrected chi connectivity index (χ2v) is 2.07. The molecule has 1 heterocycles. The number of rotatable bonds is 2. The van der Waals surface area contributed by atoms with E-state index in [1.807, 2.05) is 36.0 Å². The average molecular weight is 133 g/mol. The van der Waals surface area contributed by atoms with Gasteiger partial charge in [0.2, 0.25) is 0 Å². The Labute approximate surface area is 61.3 Å². The summed E-state index contributed by atoms with van der Waals surface area (Å²) < 4.78 is 1.93. The summed E-state index contributed by atoms with van der Waals surface area (Å²) in [6.45, 7) is 5.65. The maximum atomic E-state index is 3.64. The van der Waals surface area contributed by atoms with Crippen molar-refractivity contribution in [2.45, 2.75) is 6.92 Å². The molecule has 10 heavy (non-hydrogen) atoms. The second kappa shape index (κ2) is 3.06. The molecule has 0 aliphatic carbocycles. The third-order valence-electron chi connectivity index (χ3n) is 1.31. The molecule has 1 heteroatoms. The normalized spacial score (nSPS) is 10.5. The Balaban J connectivity index is 2.87. The molecular weight excluding hydrogens is 122 g/mol. The van der Waals surface area contributed by atoms with Crippen LogP contribution in [0.4, 0.5) is 0 Å². The van der Waals surface area contributed by atoms with Crippen LogP contribution in [-0.2, 0) is 0 Å². The summed E-state index contributed by atoms with van der Waals surface area (Å²) in [4.78, 5) is 0. The molecule has 0 saturated heterocycles. The Hall–Kier alpha value is -1.24. The summed E-state index contributed by atoms with van der Waals surface area (Å²) in [5.74, 6) is 0. The highest BCUT2D eigenvalue weighted by Gasteiger charge is 1.86. The number of hydrogen-bond acceptors (Lipinski definition) is 0. The first-order valence-electron chi connectivity index (χ1n) is 3.29. The van der Waals surface area contributed by atoms with Gasteiger partial charge in [-0.2, -0.15) is 0 Å². The molecule has 1 aromatic heterocycles. The van der Waals surface area contributed by atoms with Crippen LogP contribution in [0.1, 0.15) is 12.5 Å². The largest absolute Gasteiger partial charge is 0.331 e. The van der Waals surface area contributed by atoms with E-state index in [9.17, 15) is 0 Å². The fraction of sp³-hybridized carbons (Fsp3) is 0.111. The second-order valence-electron chi connectivity index (χ2n) is 2.07. The molecule has 52 valence electrons. The minimum absolute atomic E-state index is 1.21. The lowest BCUT2D eigenvalue weighted by molar-refractivity contribution is 1.17. The fourth-order valence-electron chi connectivity index (χ4n) is 0.835. The van der Waals surface area contributed by atoms with E-state index < -0.39 is 0 Å². The fourth-order valence-corrected chi connectivity index (χ4v) is 0.835. The van der Waals surface area contributed by atoms with Crippen LogP contribution in [0.3, 0.4) is 0 Å². The molecule has 0 amide bonds. The van der Waals surface area contributed by atoms with Crippen molar-refractivity contribution in [1.82, 2.24) is 4.57 Å². The first-order chi connectivity index (χ1) is 4.86. The minimum atomic E-state index is 1.21. The highest BCUT2D eigenvalue weighted by atomic mass is 14.9. The monoisotopic (exact) mass is 133 g/mol. The zero-order valence-corrected chi connectivity index (χ0v) is 6.12. The van der Waals surface area contributed by atoms with Crippen LogP contribution in [0, 0.1) is 0 Å². The highest BCUT2D eigenvalue weighted by molar-refractivity contribution is 5.48. The zero-order valence-electron chi connectivity index (χ0n) is 6.12. The van der Waals surface area contributed by atoms with E-state index in [1.165, 1.54) is 5.56 Å². The summed E-state index contributed by atoms with van der Waals surface area (Å²) in [5, 5.41) is 0. The number of nitrogens with zero attached hydrogens (tertiary/aromatic N) is 1. The Bertz CT molecular complexity index is 243. The predicted molar refractivity (Wildman–Crippen MR) is 45.5 cm³/mol. The lowest BCUT2D eigenvalue weighted by Gasteiger charge is -1.85. The topological polar surface area (TPSA) is 4.93 Å². The molecular formula is C9H11N. The highest BCUT2D eigenvalue weighted by Crippen LogP contribution is 2.02. The van der Waals surface area contributed by atoms with Crippen LogP contribution < -0.4 is 0 Å². The molecule has 0 aliphatic heterocycles. The predicted octanol–water partition coefficient (Wildman–Crippen LogP) is 2.62. The molecule has 0 aliphatic rings. The van der Waals surface area contributed by atoms with Crippen LogP contribution in [0.5, 0.6) is 0 Å². The summed E-state index contributed by atoms with van der Waals surface area (Å²) in [5.41, 5.74) is 1.21. The standard InChI is InChI=1S/C9H11N/c1-3-5-9-6-7-10(4-2)8-9/h3-8H,2H2,1H3/b5-3-. The van der Waals surface area contributed by atoms with E-state index in [2.05, 4.69) is 12.7 Å². The summed E-state index contributed by atoms with van der Waals surface area (Å²) in [6, 6.07) is 2.04. The van der Waals surface area contributed by atoms with Gasteiger partial charge >= 0.3 is 0 Å². The first-order valence-corrected chi connectivity index (χ1v) is 3.29. The third kappa shape index (κ3) is 1.38. The van der Waals surface area contributed by atoms with Crippen LogP contribution in [-0.4, -0.2) is 4.57 Å². The molecule has 0 atom stereocenters. The molecule has 1 nitrogen and oxygen atoms in total. The van der Waals surface area contributed by atoms with E-state index in [-0.39, 0.29) is 0 Å². The van der Waals surface area contributed by atoms with Gasteiger partial charge in [0, 0.05) is 18.6 Å². The zero-order chi connectivity index (χ0) is 7.40. The van der Waals surface area contributed by atoms with Crippen LogP contribution in [0.15, 0.2) is 31.1 Å². The van der Waals surface area contributed by atoms with Gasteiger partial charge in [-0.1, -0.05) is 18.7 Å². The molecule has 0 radical (unpaired) electrons. The Morgan fingerprint density at radius 3 is 2.90 bits per heavy atom. The lowest BCUT2D eigenvalue weighted by atomic mass is 10.3. The minimum Gasteiger partial charge on any atom is -0.331 e. The van der Waals surface area contributed by atoms with Crippen LogP contribution >= 0.6 is 0 Å². The molecule has 0 bridgehead atoms. The van der Waals surface area contributed by atoms with Crippen molar-refractivity contribution >= 4 is 12.3 Å². The molecule has 0 aromatic carbocycles. The van der Waals surface area contributed by atoms with Gasteiger partial charge in [0.05, 0.1) is 0 Å². The molecule has 1 aromatic rings. The van der Waals surface area contributed by atoms with Gasteiger partial charge in [-0.15, -0.1) is 0 Å². The van der Waals surface area contributed by atoms with Crippen molar-refractivity contribution in [3.05, 3.63) is 36.7 Å². The van der Waals surface area contributed by atoms with Crippen molar-refractivity contribution in [2.75, 3.05) is 0 Å². The van der Waals surface area contributed by atoms with Gasteiger partial charge in [-0.3, -0.25) is 0 Å². The van der Waals surface area contributed by atoms with E-state index in [0.717, 1.165) is 0 Å². The van der Waals surface area contributed by atoms with Crippen molar-refractivity contribution < 1.29 is 0 Å². The quantitative estimate of drug-likeness (QED) is 0.584. The molecule has 0 fully saturated rings. The Morgan fingerprint density at radius 1 is 1.60 bits per heavy atom. The van der Waals surface area contributed by atoms with E-state index in [1.54, 1.807) is 6.20 Å². The number of hydrogen-bond donors (Lipinski definition) is 0. The average Bonchev–Trinajstić information content (AvgIpc) is 2.37.